The Morgan fingerprint density at radius 2 is 2.08 bits per heavy atom. The van der Waals surface area contributed by atoms with Gasteiger partial charge in [0.05, 0.1) is 11.6 Å². The van der Waals surface area contributed by atoms with Gasteiger partial charge >= 0.3 is 0 Å². The normalized spacial score (nSPS) is 17.8. The summed E-state index contributed by atoms with van der Waals surface area (Å²) in [7, 11) is 0. The number of carbonyl (C=O) groups is 1. The molecule has 1 aromatic carbocycles. The SMILES string of the molecule is CCNC(=O)C1CCN(Cc2nc(-c3cc(F)cc(F)c3)oc2C)C1. The van der Waals surface area contributed by atoms with Crippen molar-refractivity contribution in [2.75, 3.05) is 19.6 Å². The molecule has 0 aliphatic carbocycles. The van der Waals surface area contributed by atoms with Gasteiger partial charge in [0, 0.05) is 31.3 Å². The maximum absolute atomic E-state index is 13.4. The number of oxazole rings is 1. The number of nitrogens with one attached hydrogen (secondary N) is 1. The molecule has 0 spiro atoms. The second kappa shape index (κ2) is 7.31. The summed E-state index contributed by atoms with van der Waals surface area (Å²) in [4.78, 5) is 18.4. The first kappa shape index (κ1) is 17.5. The highest BCUT2D eigenvalue weighted by atomic mass is 19.1. The number of amides is 1. The molecule has 1 saturated heterocycles. The molecule has 1 aromatic heterocycles. The lowest BCUT2D eigenvalue weighted by molar-refractivity contribution is -0.124. The number of hydrogen-bond donors (Lipinski definition) is 1. The number of halogens is 2. The van der Waals surface area contributed by atoms with Gasteiger partial charge in [0.2, 0.25) is 11.8 Å². The second-order valence-electron chi connectivity index (χ2n) is 6.30. The number of hydrogen-bond acceptors (Lipinski definition) is 4. The third-order valence-corrected chi connectivity index (χ3v) is 4.37. The maximum Gasteiger partial charge on any atom is 0.226 e. The van der Waals surface area contributed by atoms with Gasteiger partial charge in [-0.05, 0) is 38.9 Å². The van der Waals surface area contributed by atoms with Crippen LogP contribution >= 0.6 is 0 Å². The van der Waals surface area contributed by atoms with Crippen LogP contribution in [-0.2, 0) is 11.3 Å². The molecule has 1 amide bonds. The number of rotatable bonds is 5. The van der Waals surface area contributed by atoms with Crippen molar-refractivity contribution in [1.82, 2.24) is 15.2 Å². The van der Waals surface area contributed by atoms with Crippen molar-refractivity contribution in [3.05, 3.63) is 41.3 Å². The fourth-order valence-electron chi connectivity index (χ4n) is 3.10. The molecule has 1 N–H and O–H groups in total. The van der Waals surface area contributed by atoms with Crippen LogP contribution in [0.4, 0.5) is 8.78 Å². The molecule has 0 radical (unpaired) electrons. The zero-order chi connectivity index (χ0) is 18.0. The largest absolute Gasteiger partial charge is 0.441 e. The summed E-state index contributed by atoms with van der Waals surface area (Å²) in [5, 5.41) is 2.85. The van der Waals surface area contributed by atoms with Crippen LogP contribution in [0, 0.1) is 24.5 Å². The molecule has 1 fully saturated rings. The Morgan fingerprint density at radius 1 is 1.36 bits per heavy atom. The fraction of sp³-hybridized carbons (Fsp3) is 0.444. The number of aromatic nitrogens is 1. The summed E-state index contributed by atoms with van der Waals surface area (Å²) in [6.07, 6.45) is 0.810. The molecule has 1 aliphatic heterocycles. The molecule has 3 rings (SSSR count). The van der Waals surface area contributed by atoms with E-state index in [0.29, 0.717) is 25.4 Å². The van der Waals surface area contributed by atoms with Crippen molar-refractivity contribution in [1.29, 1.82) is 0 Å². The Labute approximate surface area is 145 Å². The molecular formula is C18H21F2N3O2. The Kier molecular flexibility index (Phi) is 5.13. The minimum atomic E-state index is -0.670. The van der Waals surface area contributed by atoms with Gasteiger partial charge in [-0.1, -0.05) is 0 Å². The number of benzene rings is 1. The highest BCUT2D eigenvalue weighted by Crippen LogP contribution is 2.26. The summed E-state index contributed by atoms with van der Waals surface area (Å²) < 4.78 is 32.3. The van der Waals surface area contributed by atoms with Crippen LogP contribution in [0.5, 0.6) is 0 Å². The molecule has 1 unspecified atom stereocenters. The third kappa shape index (κ3) is 4.04. The summed E-state index contributed by atoms with van der Waals surface area (Å²) >= 11 is 0. The van der Waals surface area contributed by atoms with E-state index in [-0.39, 0.29) is 23.3 Å². The molecule has 0 saturated carbocycles. The predicted octanol–water partition coefficient (Wildman–Crippen LogP) is 2.89. The van der Waals surface area contributed by atoms with Crippen molar-refractivity contribution >= 4 is 5.91 Å². The maximum atomic E-state index is 13.4. The van der Waals surface area contributed by atoms with Crippen LogP contribution in [0.1, 0.15) is 24.8 Å². The highest BCUT2D eigenvalue weighted by Gasteiger charge is 2.29. The summed E-state index contributed by atoms with van der Waals surface area (Å²) in [5.41, 5.74) is 0.990. The Balaban J connectivity index is 1.70. The van der Waals surface area contributed by atoms with Gasteiger partial charge in [0.1, 0.15) is 17.4 Å². The summed E-state index contributed by atoms with van der Waals surface area (Å²) in [5.74, 6) is -0.457. The van der Waals surface area contributed by atoms with E-state index in [1.807, 2.05) is 6.92 Å². The third-order valence-electron chi connectivity index (χ3n) is 4.37. The molecule has 1 atom stereocenters. The minimum Gasteiger partial charge on any atom is -0.441 e. The first-order chi connectivity index (χ1) is 12.0. The molecular weight excluding hydrogens is 328 g/mol. The van der Waals surface area contributed by atoms with Crippen LogP contribution < -0.4 is 5.32 Å². The molecule has 2 heterocycles. The Hall–Kier alpha value is -2.28. The Bertz CT molecular complexity index is 755. The van der Waals surface area contributed by atoms with Crippen LogP contribution in [0.3, 0.4) is 0 Å². The van der Waals surface area contributed by atoms with Gasteiger partial charge in [0.15, 0.2) is 0 Å². The van der Waals surface area contributed by atoms with Crippen LogP contribution in [-0.4, -0.2) is 35.4 Å². The smallest absolute Gasteiger partial charge is 0.226 e. The average molecular weight is 349 g/mol. The van der Waals surface area contributed by atoms with Gasteiger partial charge in [-0.2, -0.15) is 0 Å². The van der Waals surface area contributed by atoms with Gasteiger partial charge in [0.25, 0.3) is 0 Å². The van der Waals surface area contributed by atoms with Crippen LogP contribution in [0.2, 0.25) is 0 Å². The number of carbonyl (C=O) groups excluding carboxylic acids is 1. The Morgan fingerprint density at radius 3 is 2.76 bits per heavy atom. The standard InChI is InChI=1S/C18H21F2N3O2/c1-3-21-17(24)12-4-5-23(9-12)10-16-11(2)25-18(22-16)13-6-14(19)8-15(20)7-13/h6-8,12H,3-5,9-10H2,1-2H3,(H,21,24). The van der Waals surface area contributed by atoms with Crippen LogP contribution in [0.15, 0.2) is 22.6 Å². The van der Waals surface area contributed by atoms with Crippen molar-refractivity contribution in [2.45, 2.75) is 26.8 Å². The first-order valence-electron chi connectivity index (χ1n) is 8.39. The van der Waals surface area contributed by atoms with Crippen molar-refractivity contribution in [3.8, 4) is 11.5 Å². The summed E-state index contributed by atoms with van der Waals surface area (Å²) in [6, 6.07) is 3.20. The van der Waals surface area contributed by atoms with Gasteiger partial charge in [-0.3, -0.25) is 9.69 Å². The lowest BCUT2D eigenvalue weighted by Crippen LogP contribution is -2.32. The van der Waals surface area contributed by atoms with E-state index in [0.717, 1.165) is 24.7 Å². The van der Waals surface area contributed by atoms with Gasteiger partial charge in [-0.25, -0.2) is 13.8 Å². The second-order valence-corrected chi connectivity index (χ2v) is 6.30. The summed E-state index contributed by atoms with van der Waals surface area (Å²) in [6.45, 7) is 6.33. The van der Waals surface area contributed by atoms with E-state index in [4.69, 9.17) is 4.42 Å². The van der Waals surface area contributed by atoms with E-state index < -0.39 is 11.6 Å². The van der Waals surface area contributed by atoms with E-state index in [1.165, 1.54) is 12.1 Å². The lowest BCUT2D eigenvalue weighted by atomic mass is 10.1. The number of likely N-dealkylation sites (tertiary alicyclic amines) is 1. The number of nitrogens with zero attached hydrogens (tertiary/aromatic N) is 2. The molecule has 5 nitrogen and oxygen atoms in total. The zero-order valence-electron chi connectivity index (χ0n) is 14.3. The topological polar surface area (TPSA) is 58.4 Å². The van der Waals surface area contributed by atoms with E-state index >= 15 is 0 Å². The van der Waals surface area contributed by atoms with Crippen molar-refractivity contribution < 1.29 is 18.0 Å². The first-order valence-corrected chi connectivity index (χ1v) is 8.39. The number of aryl methyl sites for hydroxylation is 1. The molecule has 134 valence electrons. The highest BCUT2D eigenvalue weighted by molar-refractivity contribution is 5.79. The van der Waals surface area contributed by atoms with Crippen molar-refractivity contribution in [2.24, 2.45) is 5.92 Å². The fourth-order valence-corrected chi connectivity index (χ4v) is 3.10. The zero-order valence-corrected chi connectivity index (χ0v) is 14.3. The monoisotopic (exact) mass is 349 g/mol. The van der Waals surface area contributed by atoms with E-state index in [9.17, 15) is 13.6 Å². The molecule has 7 heteroatoms. The van der Waals surface area contributed by atoms with Crippen molar-refractivity contribution in [3.63, 3.8) is 0 Å². The van der Waals surface area contributed by atoms with Gasteiger partial charge < -0.3 is 9.73 Å². The minimum absolute atomic E-state index is 0.0102. The lowest BCUT2D eigenvalue weighted by Gasteiger charge is -2.14. The van der Waals surface area contributed by atoms with Crippen LogP contribution in [0.25, 0.3) is 11.5 Å². The molecule has 25 heavy (non-hydrogen) atoms. The van der Waals surface area contributed by atoms with E-state index in [1.54, 1.807) is 6.92 Å². The molecule has 0 bridgehead atoms. The van der Waals surface area contributed by atoms with E-state index in [2.05, 4.69) is 15.2 Å². The average Bonchev–Trinajstić information content (AvgIpc) is 3.15. The van der Waals surface area contributed by atoms with Gasteiger partial charge in [-0.15, -0.1) is 0 Å². The predicted molar refractivity (Wildman–Crippen MR) is 88.7 cm³/mol. The molecule has 1 aliphatic rings. The molecule has 2 aromatic rings. The quantitative estimate of drug-likeness (QED) is 0.902.